The summed E-state index contributed by atoms with van der Waals surface area (Å²) in [5, 5.41) is 15.1. The summed E-state index contributed by atoms with van der Waals surface area (Å²) in [5.41, 5.74) is 2.99. The van der Waals surface area contributed by atoms with Crippen LogP contribution >= 0.6 is 11.8 Å². The number of rotatable bonds is 11. The molecule has 0 aliphatic rings. The highest BCUT2D eigenvalue weighted by Gasteiger charge is 2.05. The molecule has 2 amide bonds. The van der Waals surface area contributed by atoms with Gasteiger partial charge < -0.3 is 15.7 Å². The number of aromatic hydroxyl groups is 1. The highest BCUT2D eigenvalue weighted by molar-refractivity contribution is 8.00. The van der Waals surface area contributed by atoms with Crippen molar-refractivity contribution >= 4 is 29.3 Å². The van der Waals surface area contributed by atoms with E-state index in [9.17, 15) is 14.7 Å². The summed E-state index contributed by atoms with van der Waals surface area (Å²) in [6.45, 7) is 0.607. The van der Waals surface area contributed by atoms with Gasteiger partial charge in [0, 0.05) is 23.5 Å². The number of phenolic OH excluding ortho intramolecular Hbond substituents is 1. The molecule has 0 saturated carbocycles. The van der Waals surface area contributed by atoms with Gasteiger partial charge in [0.25, 0.3) is 0 Å². The first kappa shape index (κ1) is 23.4. The number of thioether (sulfide) groups is 1. The molecule has 0 fully saturated rings. The summed E-state index contributed by atoms with van der Waals surface area (Å²) < 4.78 is 0. The zero-order valence-corrected chi connectivity index (χ0v) is 18.7. The molecule has 3 aromatic rings. The van der Waals surface area contributed by atoms with Crippen molar-refractivity contribution in [3.63, 3.8) is 0 Å². The van der Waals surface area contributed by atoms with Crippen molar-refractivity contribution in [2.45, 2.75) is 30.6 Å². The first-order valence-electron chi connectivity index (χ1n) is 10.7. The quantitative estimate of drug-likeness (QED) is 0.269. The van der Waals surface area contributed by atoms with Crippen molar-refractivity contribution in [3.05, 3.63) is 78.9 Å². The number of unbranched alkanes of at least 4 members (excludes halogenated alkanes) is 2. The zero-order chi connectivity index (χ0) is 22.6. The second-order valence-electron chi connectivity index (χ2n) is 7.44. The summed E-state index contributed by atoms with van der Waals surface area (Å²) >= 11 is 1.43. The minimum atomic E-state index is -0.0147. The van der Waals surface area contributed by atoms with Gasteiger partial charge in [0.15, 0.2) is 0 Å². The lowest BCUT2D eigenvalue weighted by atomic mass is 10.1. The van der Waals surface area contributed by atoms with E-state index in [-0.39, 0.29) is 17.6 Å². The van der Waals surface area contributed by atoms with Crippen molar-refractivity contribution in [3.8, 4) is 16.9 Å². The van der Waals surface area contributed by atoms with Crippen LogP contribution in [-0.4, -0.2) is 29.2 Å². The predicted octanol–water partition coefficient (Wildman–Crippen LogP) is 5.47. The largest absolute Gasteiger partial charge is 0.508 e. The summed E-state index contributed by atoms with van der Waals surface area (Å²) in [7, 11) is 0. The van der Waals surface area contributed by atoms with Crippen LogP contribution in [0.15, 0.2) is 83.8 Å². The van der Waals surface area contributed by atoms with Crippen LogP contribution in [0.4, 0.5) is 5.69 Å². The van der Waals surface area contributed by atoms with Gasteiger partial charge in [-0.3, -0.25) is 9.59 Å². The zero-order valence-electron chi connectivity index (χ0n) is 17.9. The monoisotopic (exact) mass is 448 g/mol. The topological polar surface area (TPSA) is 78.4 Å². The molecule has 0 saturated heterocycles. The van der Waals surface area contributed by atoms with Crippen LogP contribution in [0.5, 0.6) is 5.75 Å². The number of carbonyl (C=O) groups is 2. The van der Waals surface area contributed by atoms with Crippen LogP contribution in [0.2, 0.25) is 0 Å². The highest BCUT2D eigenvalue weighted by Crippen LogP contribution is 2.22. The average molecular weight is 449 g/mol. The van der Waals surface area contributed by atoms with E-state index in [4.69, 9.17) is 0 Å². The van der Waals surface area contributed by atoms with E-state index < -0.39 is 0 Å². The van der Waals surface area contributed by atoms with Crippen LogP contribution < -0.4 is 10.6 Å². The minimum absolute atomic E-state index is 0.00421. The Balaban J connectivity index is 1.28. The van der Waals surface area contributed by atoms with Gasteiger partial charge in [-0.05, 0) is 60.4 Å². The fraction of sp³-hybridized carbons (Fsp3) is 0.231. The molecule has 32 heavy (non-hydrogen) atoms. The molecule has 0 bridgehead atoms. The van der Waals surface area contributed by atoms with E-state index in [2.05, 4.69) is 10.6 Å². The summed E-state index contributed by atoms with van der Waals surface area (Å²) in [6, 6.07) is 24.7. The maximum atomic E-state index is 12.2. The maximum Gasteiger partial charge on any atom is 0.230 e. The number of carbonyl (C=O) groups excluding carboxylic acids is 2. The Labute approximate surface area is 193 Å². The van der Waals surface area contributed by atoms with Crippen molar-refractivity contribution in [1.82, 2.24) is 5.32 Å². The molecule has 0 spiro atoms. The molecular weight excluding hydrogens is 420 g/mol. The second kappa shape index (κ2) is 12.6. The SMILES string of the molecule is O=C(CSc1ccc(O)cc1)NCCCCCC(=O)Nc1cccc(-c2ccccc2)c1. The van der Waals surface area contributed by atoms with Gasteiger partial charge in [0.1, 0.15) is 5.75 Å². The van der Waals surface area contributed by atoms with Crippen LogP contribution in [0.3, 0.4) is 0 Å². The fourth-order valence-corrected chi connectivity index (χ4v) is 3.92. The Bertz CT molecular complexity index is 1010. The molecule has 0 unspecified atom stereocenters. The van der Waals surface area contributed by atoms with E-state index >= 15 is 0 Å². The van der Waals surface area contributed by atoms with E-state index in [0.29, 0.717) is 18.7 Å². The number of anilines is 1. The first-order chi connectivity index (χ1) is 15.6. The van der Waals surface area contributed by atoms with E-state index in [1.807, 2.05) is 54.6 Å². The van der Waals surface area contributed by atoms with Gasteiger partial charge >= 0.3 is 0 Å². The van der Waals surface area contributed by atoms with E-state index in [0.717, 1.165) is 41.0 Å². The molecule has 0 aliphatic carbocycles. The minimum Gasteiger partial charge on any atom is -0.508 e. The Kier molecular flexibility index (Phi) is 9.20. The molecule has 0 aliphatic heterocycles. The third-order valence-electron chi connectivity index (χ3n) is 4.86. The smallest absolute Gasteiger partial charge is 0.230 e. The number of hydrogen-bond donors (Lipinski definition) is 3. The Hall–Kier alpha value is -3.25. The van der Waals surface area contributed by atoms with E-state index in [1.165, 1.54) is 11.8 Å². The molecular formula is C26H28N2O3S. The molecule has 3 aromatic carbocycles. The molecule has 5 nitrogen and oxygen atoms in total. The van der Waals surface area contributed by atoms with Crippen molar-refractivity contribution < 1.29 is 14.7 Å². The third kappa shape index (κ3) is 8.12. The van der Waals surface area contributed by atoms with Crippen molar-refractivity contribution in [2.75, 3.05) is 17.6 Å². The van der Waals surface area contributed by atoms with Crippen LogP contribution in [0.1, 0.15) is 25.7 Å². The average Bonchev–Trinajstić information content (AvgIpc) is 2.81. The number of hydrogen-bond acceptors (Lipinski definition) is 4. The maximum absolute atomic E-state index is 12.2. The lowest BCUT2D eigenvalue weighted by Gasteiger charge is -2.08. The molecule has 0 radical (unpaired) electrons. The number of nitrogens with one attached hydrogen (secondary N) is 2. The lowest BCUT2D eigenvalue weighted by molar-refractivity contribution is -0.118. The van der Waals surface area contributed by atoms with Gasteiger partial charge in [-0.1, -0.05) is 48.9 Å². The highest BCUT2D eigenvalue weighted by atomic mass is 32.2. The predicted molar refractivity (Wildman–Crippen MR) is 131 cm³/mol. The number of amides is 2. The Morgan fingerprint density at radius 1 is 0.781 bits per heavy atom. The molecule has 0 atom stereocenters. The van der Waals surface area contributed by atoms with Crippen LogP contribution in [-0.2, 0) is 9.59 Å². The fourth-order valence-electron chi connectivity index (χ4n) is 3.19. The second-order valence-corrected chi connectivity index (χ2v) is 8.49. The van der Waals surface area contributed by atoms with Gasteiger partial charge in [-0.25, -0.2) is 0 Å². The van der Waals surface area contributed by atoms with Crippen molar-refractivity contribution in [2.24, 2.45) is 0 Å². The summed E-state index contributed by atoms with van der Waals surface area (Å²) in [4.78, 5) is 25.1. The van der Waals surface area contributed by atoms with Crippen LogP contribution in [0, 0.1) is 0 Å². The van der Waals surface area contributed by atoms with Crippen molar-refractivity contribution in [1.29, 1.82) is 0 Å². The normalized spacial score (nSPS) is 10.5. The van der Waals surface area contributed by atoms with E-state index in [1.54, 1.807) is 24.3 Å². The lowest BCUT2D eigenvalue weighted by Crippen LogP contribution is -2.26. The molecule has 0 aromatic heterocycles. The molecule has 166 valence electrons. The molecule has 3 N–H and O–H groups in total. The Morgan fingerprint density at radius 2 is 1.53 bits per heavy atom. The number of benzene rings is 3. The number of phenols is 1. The van der Waals surface area contributed by atoms with Gasteiger partial charge in [-0.2, -0.15) is 0 Å². The summed E-state index contributed by atoms with van der Waals surface area (Å²) in [5.74, 6) is 0.548. The summed E-state index contributed by atoms with van der Waals surface area (Å²) in [6.07, 6.45) is 2.96. The molecule has 0 heterocycles. The Morgan fingerprint density at radius 3 is 2.31 bits per heavy atom. The van der Waals surface area contributed by atoms with Gasteiger partial charge in [0.05, 0.1) is 5.75 Å². The standard InChI is InChI=1S/C26H28N2O3S/c29-23-13-15-24(16-14-23)32-19-26(31)27-17-6-2-5-12-25(30)28-22-11-7-10-21(18-22)20-8-3-1-4-9-20/h1,3-4,7-11,13-16,18,29H,2,5-6,12,17,19H2,(H,27,31)(H,28,30). The van der Waals surface area contributed by atoms with Gasteiger partial charge in [-0.15, -0.1) is 11.8 Å². The first-order valence-corrected chi connectivity index (χ1v) is 11.7. The van der Waals surface area contributed by atoms with Gasteiger partial charge in [0.2, 0.25) is 11.8 Å². The third-order valence-corrected chi connectivity index (χ3v) is 5.87. The van der Waals surface area contributed by atoms with Crippen LogP contribution in [0.25, 0.3) is 11.1 Å². The molecule has 6 heteroatoms. The molecule has 3 rings (SSSR count).